The van der Waals surface area contributed by atoms with E-state index in [1.165, 1.54) is 11.1 Å². The Balaban J connectivity index is 2.19. The van der Waals surface area contributed by atoms with Gasteiger partial charge in [-0.3, -0.25) is 4.79 Å². The van der Waals surface area contributed by atoms with Crippen molar-refractivity contribution in [2.45, 2.75) is 33.2 Å². The smallest absolute Gasteiger partial charge is 0.251 e. The van der Waals surface area contributed by atoms with Crippen LogP contribution >= 0.6 is 11.6 Å². The normalized spacial score (nSPS) is 11.9. The lowest BCUT2D eigenvalue weighted by atomic mass is 9.99. The average molecular weight is 332 g/mol. The second-order valence-corrected chi connectivity index (χ2v) is 6.03. The number of carbonyl (C=O) groups excluding carboxylic acids is 1. The fourth-order valence-electron chi connectivity index (χ4n) is 2.45. The molecule has 0 aliphatic carbocycles. The summed E-state index contributed by atoms with van der Waals surface area (Å²) in [5, 5.41) is 3.50. The van der Waals surface area contributed by atoms with Crippen molar-refractivity contribution < 1.29 is 9.53 Å². The van der Waals surface area contributed by atoms with Gasteiger partial charge in [-0.05, 0) is 55.2 Å². The Kier molecular flexibility index (Phi) is 5.67. The third-order valence-electron chi connectivity index (χ3n) is 4.06. The molecule has 1 amide bonds. The second-order valence-electron chi connectivity index (χ2n) is 5.63. The first-order chi connectivity index (χ1) is 11.0. The zero-order valence-electron chi connectivity index (χ0n) is 13.9. The van der Waals surface area contributed by atoms with Gasteiger partial charge in [0.25, 0.3) is 5.91 Å². The first-order valence-electron chi connectivity index (χ1n) is 7.67. The molecule has 4 heteroatoms. The van der Waals surface area contributed by atoms with Crippen LogP contribution in [0.15, 0.2) is 36.4 Å². The largest absolute Gasteiger partial charge is 0.495 e. The highest BCUT2D eigenvalue weighted by atomic mass is 35.5. The predicted molar refractivity (Wildman–Crippen MR) is 94.4 cm³/mol. The van der Waals surface area contributed by atoms with Gasteiger partial charge in [0, 0.05) is 5.56 Å². The minimum Gasteiger partial charge on any atom is -0.495 e. The predicted octanol–water partition coefficient (Wildman–Crippen LogP) is 4.85. The van der Waals surface area contributed by atoms with Gasteiger partial charge < -0.3 is 10.1 Å². The van der Waals surface area contributed by atoms with E-state index in [2.05, 4.69) is 44.3 Å². The van der Waals surface area contributed by atoms with E-state index in [4.69, 9.17) is 16.3 Å². The number of nitrogens with one attached hydrogen (secondary N) is 1. The van der Waals surface area contributed by atoms with E-state index in [-0.39, 0.29) is 11.9 Å². The lowest BCUT2D eigenvalue weighted by molar-refractivity contribution is 0.0935. The minimum atomic E-state index is -0.139. The number of amides is 1. The SMILES string of the molecule is CC[C@H](NC(=O)c1ccc(OC)c(Cl)c1)c1ccc(C)c(C)c1. The Labute approximate surface area is 142 Å². The van der Waals surface area contributed by atoms with Gasteiger partial charge in [0.05, 0.1) is 18.2 Å². The van der Waals surface area contributed by atoms with E-state index in [0.717, 1.165) is 12.0 Å². The van der Waals surface area contributed by atoms with Crippen molar-refractivity contribution in [3.8, 4) is 5.75 Å². The van der Waals surface area contributed by atoms with Gasteiger partial charge in [0.2, 0.25) is 0 Å². The monoisotopic (exact) mass is 331 g/mol. The highest BCUT2D eigenvalue weighted by Crippen LogP contribution is 2.26. The van der Waals surface area contributed by atoms with Gasteiger partial charge in [-0.1, -0.05) is 36.7 Å². The van der Waals surface area contributed by atoms with Crippen molar-refractivity contribution in [1.82, 2.24) is 5.32 Å². The molecule has 1 N–H and O–H groups in total. The maximum atomic E-state index is 12.5. The van der Waals surface area contributed by atoms with E-state index >= 15 is 0 Å². The molecule has 2 rings (SSSR count). The van der Waals surface area contributed by atoms with E-state index < -0.39 is 0 Å². The number of carbonyl (C=O) groups is 1. The first-order valence-corrected chi connectivity index (χ1v) is 8.05. The van der Waals surface area contributed by atoms with Gasteiger partial charge in [-0.2, -0.15) is 0 Å². The summed E-state index contributed by atoms with van der Waals surface area (Å²) < 4.78 is 5.11. The van der Waals surface area contributed by atoms with Gasteiger partial charge >= 0.3 is 0 Å². The van der Waals surface area contributed by atoms with E-state index in [1.807, 2.05) is 0 Å². The van der Waals surface area contributed by atoms with Crippen LogP contribution in [0.5, 0.6) is 5.75 Å². The molecule has 0 unspecified atom stereocenters. The maximum Gasteiger partial charge on any atom is 0.251 e. The number of halogens is 1. The zero-order valence-corrected chi connectivity index (χ0v) is 14.7. The molecule has 0 saturated heterocycles. The number of rotatable bonds is 5. The van der Waals surface area contributed by atoms with Gasteiger partial charge in [-0.15, -0.1) is 0 Å². The van der Waals surface area contributed by atoms with E-state index in [0.29, 0.717) is 16.3 Å². The summed E-state index contributed by atoms with van der Waals surface area (Å²) in [5.41, 5.74) is 4.11. The Bertz CT molecular complexity index is 713. The van der Waals surface area contributed by atoms with Gasteiger partial charge in [0.1, 0.15) is 5.75 Å². The molecule has 122 valence electrons. The average Bonchev–Trinajstić information content (AvgIpc) is 2.55. The number of benzene rings is 2. The van der Waals surface area contributed by atoms with Crippen molar-refractivity contribution in [1.29, 1.82) is 0 Å². The molecule has 1 atom stereocenters. The molecule has 0 spiro atoms. The molecule has 0 radical (unpaired) electrons. The topological polar surface area (TPSA) is 38.3 Å². The lowest BCUT2D eigenvalue weighted by Gasteiger charge is -2.19. The summed E-state index contributed by atoms with van der Waals surface area (Å²) in [4.78, 5) is 12.5. The second kappa shape index (κ2) is 7.51. The number of aryl methyl sites for hydroxylation is 2. The number of methoxy groups -OCH3 is 1. The van der Waals surface area contributed by atoms with Crippen molar-refractivity contribution in [2.75, 3.05) is 7.11 Å². The summed E-state index contributed by atoms with van der Waals surface area (Å²) >= 11 is 6.09. The molecular weight excluding hydrogens is 310 g/mol. The molecule has 0 aliphatic heterocycles. The van der Waals surface area contributed by atoms with E-state index in [1.54, 1.807) is 25.3 Å². The maximum absolute atomic E-state index is 12.5. The molecule has 3 nitrogen and oxygen atoms in total. The number of hydrogen-bond donors (Lipinski definition) is 1. The quantitative estimate of drug-likeness (QED) is 0.850. The Morgan fingerprint density at radius 3 is 2.48 bits per heavy atom. The number of ether oxygens (including phenoxy) is 1. The highest BCUT2D eigenvalue weighted by Gasteiger charge is 2.15. The molecule has 0 heterocycles. The van der Waals surface area contributed by atoms with Crippen LogP contribution in [0.2, 0.25) is 5.02 Å². The highest BCUT2D eigenvalue weighted by molar-refractivity contribution is 6.32. The van der Waals surface area contributed by atoms with Gasteiger partial charge in [0.15, 0.2) is 0 Å². The first kappa shape index (κ1) is 17.4. The van der Waals surface area contributed by atoms with Crippen molar-refractivity contribution in [3.05, 3.63) is 63.7 Å². The summed E-state index contributed by atoms with van der Waals surface area (Å²) in [6, 6.07) is 11.3. The van der Waals surface area contributed by atoms with Crippen LogP contribution in [0.1, 0.15) is 46.4 Å². The van der Waals surface area contributed by atoms with Crippen LogP contribution < -0.4 is 10.1 Å². The van der Waals surface area contributed by atoms with Crippen LogP contribution in [-0.4, -0.2) is 13.0 Å². The molecule has 0 bridgehead atoms. The molecular formula is C19H22ClNO2. The van der Waals surface area contributed by atoms with Crippen molar-refractivity contribution in [3.63, 3.8) is 0 Å². The molecule has 0 aromatic heterocycles. The van der Waals surface area contributed by atoms with Crippen LogP contribution in [-0.2, 0) is 0 Å². The minimum absolute atomic E-state index is 0.0253. The summed E-state index contributed by atoms with van der Waals surface area (Å²) in [5.74, 6) is 0.420. The Morgan fingerprint density at radius 1 is 1.17 bits per heavy atom. The van der Waals surface area contributed by atoms with Crippen LogP contribution in [0.25, 0.3) is 0 Å². The fourth-order valence-corrected chi connectivity index (χ4v) is 2.71. The standard InChI is InChI=1S/C19H22ClNO2/c1-5-17(14-7-6-12(2)13(3)10-14)21-19(22)15-8-9-18(23-4)16(20)11-15/h6-11,17H,5H2,1-4H3,(H,21,22)/t17-/m0/s1. The van der Waals surface area contributed by atoms with Crippen LogP contribution in [0.4, 0.5) is 0 Å². The summed E-state index contributed by atoms with van der Waals surface area (Å²) in [6.45, 7) is 6.22. The van der Waals surface area contributed by atoms with Crippen molar-refractivity contribution in [2.24, 2.45) is 0 Å². The third-order valence-corrected chi connectivity index (χ3v) is 4.36. The van der Waals surface area contributed by atoms with Crippen molar-refractivity contribution >= 4 is 17.5 Å². The molecule has 23 heavy (non-hydrogen) atoms. The molecule has 2 aromatic carbocycles. The molecule has 0 fully saturated rings. The van der Waals surface area contributed by atoms with E-state index in [9.17, 15) is 4.79 Å². The van der Waals surface area contributed by atoms with Crippen LogP contribution in [0.3, 0.4) is 0 Å². The van der Waals surface area contributed by atoms with Crippen LogP contribution in [0, 0.1) is 13.8 Å². The molecule has 2 aromatic rings. The zero-order chi connectivity index (χ0) is 17.0. The Hall–Kier alpha value is -2.00. The fraction of sp³-hybridized carbons (Fsp3) is 0.316. The summed E-state index contributed by atoms with van der Waals surface area (Å²) in [6.07, 6.45) is 0.818. The lowest BCUT2D eigenvalue weighted by Crippen LogP contribution is -2.28. The summed E-state index contributed by atoms with van der Waals surface area (Å²) in [7, 11) is 1.55. The number of hydrogen-bond acceptors (Lipinski definition) is 2. The molecule has 0 saturated carbocycles. The Morgan fingerprint density at radius 2 is 1.91 bits per heavy atom. The molecule has 0 aliphatic rings. The van der Waals surface area contributed by atoms with Gasteiger partial charge in [-0.25, -0.2) is 0 Å². The third kappa shape index (κ3) is 4.05.